The molecule has 0 atom stereocenters. The van der Waals surface area contributed by atoms with Crippen LogP contribution in [0.25, 0.3) is 0 Å². The van der Waals surface area contributed by atoms with Crippen molar-refractivity contribution in [1.29, 1.82) is 0 Å². The molecule has 1 aromatic carbocycles. The van der Waals surface area contributed by atoms with E-state index in [-0.39, 0.29) is 12.0 Å². The van der Waals surface area contributed by atoms with Crippen LogP contribution in [0, 0.1) is 0 Å². The van der Waals surface area contributed by atoms with Gasteiger partial charge in [-0.3, -0.25) is 0 Å². The molecule has 4 N–H and O–H groups in total. The van der Waals surface area contributed by atoms with E-state index in [2.05, 4.69) is 0 Å². The van der Waals surface area contributed by atoms with Crippen LogP contribution in [0.2, 0.25) is 0 Å². The standard InChI is InChI=1S/C11H14F3NO2/c1-10(2,15)5-6-3-4-7(11(12,13)14)9(17)8(6)16/h3-4,16-17H,5,15H2,1-2H3. The lowest BCUT2D eigenvalue weighted by Crippen LogP contribution is -2.34. The molecule has 0 unspecified atom stereocenters. The zero-order valence-corrected chi connectivity index (χ0v) is 9.47. The van der Waals surface area contributed by atoms with Gasteiger partial charge in [-0.15, -0.1) is 0 Å². The van der Waals surface area contributed by atoms with Crippen molar-refractivity contribution in [3.63, 3.8) is 0 Å². The van der Waals surface area contributed by atoms with Gasteiger partial charge in [0.2, 0.25) is 0 Å². The zero-order valence-electron chi connectivity index (χ0n) is 9.47. The molecule has 0 aliphatic carbocycles. The summed E-state index contributed by atoms with van der Waals surface area (Å²) in [6.07, 6.45) is -4.54. The van der Waals surface area contributed by atoms with Crippen LogP contribution in [0.5, 0.6) is 11.5 Å². The molecule has 0 heterocycles. The summed E-state index contributed by atoms with van der Waals surface area (Å²) in [5.41, 5.74) is 3.93. The fraction of sp³-hybridized carbons (Fsp3) is 0.455. The van der Waals surface area contributed by atoms with E-state index >= 15 is 0 Å². The van der Waals surface area contributed by atoms with Crippen LogP contribution in [-0.2, 0) is 12.6 Å². The van der Waals surface area contributed by atoms with Crippen LogP contribution in [0.4, 0.5) is 13.2 Å². The molecule has 0 bridgehead atoms. The van der Waals surface area contributed by atoms with Gasteiger partial charge in [0, 0.05) is 5.54 Å². The molecular weight excluding hydrogens is 235 g/mol. The van der Waals surface area contributed by atoms with Crippen molar-refractivity contribution < 1.29 is 23.4 Å². The summed E-state index contributed by atoms with van der Waals surface area (Å²) in [6, 6.07) is 1.85. The Morgan fingerprint density at radius 1 is 1.12 bits per heavy atom. The van der Waals surface area contributed by atoms with Crippen molar-refractivity contribution in [2.45, 2.75) is 32.0 Å². The normalized spacial score (nSPS) is 12.8. The van der Waals surface area contributed by atoms with Crippen molar-refractivity contribution >= 4 is 0 Å². The predicted octanol–water partition coefficient (Wildman–Crippen LogP) is 2.40. The number of phenols is 2. The molecule has 0 saturated heterocycles. The molecular formula is C11H14F3NO2. The molecule has 3 nitrogen and oxygen atoms in total. The Hall–Kier alpha value is -1.43. The number of benzene rings is 1. The van der Waals surface area contributed by atoms with Crippen molar-refractivity contribution in [3.8, 4) is 11.5 Å². The van der Waals surface area contributed by atoms with Gasteiger partial charge in [-0.25, -0.2) is 0 Å². The Morgan fingerprint density at radius 3 is 2.06 bits per heavy atom. The summed E-state index contributed by atoms with van der Waals surface area (Å²) in [4.78, 5) is 0. The first-order valence-corrected chi connectivity index (χ1v) is 4.92. The molecule has 0 radical (unpaired) electrons. The summed E-state index contributed by atoms with van der Waals surface area (Å²) >= 11 is 0. The third kappa shape index (κ3) is 3.26. The minimum absolute atomic E-state index is 0.157. The second kappa shape index (κ2) is 4.10. The second-order valence-electron chi connectivity index (χ2n) is 4.63. The molecule has 0 amide bonds. The summed E-state index contributed by atoms with van der Waals surface area (Å²) in [7, 11) is 0. The van der Waals surface area contributed by atoms with E-state index in [0.29, 0.717) is 0 Å². The van der Waals surface area contributed by atoms with E-state index in [1.54, 1.807) is 13.8 Å². The van der Waals surface area contributed by atoms with Gasteiger partial charge in [0.05, 0.1) is 0 Å². The van der Waals surface area contributed by atoms with E-state index < -0.39 is 28.8 Å². The maximum Gasteiger partial charge on any atom is 0.420 e. The minimum atomic E-state index is -4.70. The number of phenolic OH excluding ortho intramolecular Hbond substituents is 2. The summed E-state index contributed by atoms with van der Waals surface area (Å²) < 4.78 is 37.2. The lowest BCUT2D eigenvalue weighted by molar-refractivity contribution is -0.138. The average molecular weight is 249 g/mol. The van der Waals surface area contributed by atoms with Gasteiger partial charge in [0.1, 0.15) is 5.56 Å². The van der Waals surface area contributed by atoms with Crippen molar-refractivity contribution in [2.75, 3.05) is 0 Å². The lowest BCUT2D eigenvalue weighted by Gasteiger charge is -2.20. The topological polar surface area (TPSA) is 66.5 Å². The molecule has 0 spiro atoms. The Labute approximate surface area is 96.7 Å². The van der Waals surface area contributed by atoms with E-state index in [0.717, 1.165) is 12.1 Å². The Balaban J connectivity index is 3.21. The molecule has 1 rings (SSSR count). The first-order valence-electron chi connectivity index (χ1n) is 4.92. The summed E-state index contributed by atoms with van der Waals surface area (Å²) in [5.74, 6) is -1.92. The van der Waals surface area contributed by atoms with E-state index in [1.165, 1.54) is 0 Å². The number of halogens is 3. The molecule has 1 aromatic rings. The van der Waals surface area contributed by atoms with Crippen LogP contribution < -0.4 is 5.73 Å². The van der Waals surface area contributed by atoms with Gasteiger partial charge in [-0.1, -0.05) is 6.07 Å². The molecule has 0 aromatic heterocycles. The van der Waals surface area contributed by atoms with Crippen LogP contribution in [0.15, 0.2) is 12.1 Å². The SMILES string of the molecule is CC(C)(N)Cc1ccc(C(F)(F)F)c(O)c1O. The number of nitrogens with two attached hydrogens (primary N) is 1. The van der Waals surface area contributed by atoms with Gasteiger partial charge in [-0.05, 0) is 31.9 Å². The highest BCUT2D eigenvalue weighted by Crippen LogP contribution is 2.42. The first kappa shape index (κ1) is 13.6. The Bertz CT molecular complexity index is 422. The number of aromatic hydroxyl groups is 2. The van der Waals surface area contributed by atoms with Gasteiger partial charge in [-0.2, -0.15) is 13.2 Å². The van der Waals surface area contributed by atoms with Crippen LogP contribution in [0.1, 0.15) is 25.0 Å². The van der Waals surface area contributed by atoms with Gasteiger partial charge in [0.25, 0.3) is 0 Å². The third-order valence-corrected chi connectivity index (χ3v) is 2.19. The van der Waals surface area contributed by atoms with Crippen molar-refractivity contribution in [1.82, 2.24) is 0 Å². The molecule has 0 aliphatic rings. The maximum atomic E-state index is 12.4. The smallest absolute Gasteiger partial charge is 0.420 e. The second-order valence-corrected chi connectivity index (χ2v) is 4.63. The minimum Gasteiger partial charge on any atom is -0.504 e. The van der Waals surface area contributed by atoms with E-state index in [1.807, 2.05) is 0 Å². The third-order valence-electron chi connectivity index (χ3n) is 2.19. The fourth-order valence-electron chi connectivity index (χ4n) is 1.48. The molecule has 0 aliphatic heterocycles. The van der Waals surface area contributed by atoms with Crippen molar-refractivity contribution in [3.05, 3.63) is 23.3 Å². The van der Waals surface area contributed by atoms with Crippen LogP contribution >= 0.6 is 0 Å². The fourth-order valence-corrected chi connectivity index (χ4v) is 1.48. The molecule has 6 heteroatoms. The number of alkyl halides is 3. The van der Waals surface area contributed by atoms with Crippen LogP contribution in [-0.4, -0.2) is 15.8 Å². The Kier molecular flexibility index (Phi) is 3.29. The highest BCUT2D eigenvalue weighted by atomic mass is 19.4. The number of hydrogen-bond acceptors (Lipinski definition) is 3. The van der Waals surface area contributed by atoms with Crippen LogP contribution in [0.3, 0.4) is 0 Å². The van der Waals surface area contributed by atoms with Crippen molar-refractivity contribution in [2.24, 2.45) is 5.73 Å². The molecule has 96 valence electrons. The van der Waals surface area contributed by atoms with Gasteiger partial charge >= 0.3 is 6.18 Å². The monoisotopic (exact) mass is 249 g/mol. The largest absolute Gasteiger partial charge is 0.504 e. The van der Waals surface area contributed by atoms with Gasteiger partial charge < -0.3 is 15.9 Å². The van der Waals surface area contributed by atoms with Gasteiger partial charge in [0.15, 0.2) is 11.5 Å². The highest BCUT2D eigenvalue weighted by Gasteiger charge is 2.35. The summed E-state index contributed by atoms with van der Waals surface area (Å²) in [6.45, 7) is 3.34. The zero-order chi connectivity index (χ0) is 13.4. The molecule has 0 fully saturated rings. The molecule has 17 heavy (non-hydrogen) atoms. The molecule has 0 saturated carbocycles. The lowest BCUT2D eigenvalue weighted by atomic mass is 9.94. The number of hydrogen-bond donors (Lipinski definition) is 3. The first-order chi connectivity index (χ1) is 7.52. The summed E-state index contributed by atoms with van der Waals surface area (Å²) in [5, 5.41) is 18.8. The average Bonchev–Trinajstić information content (AvgIpc) is 2.08. The highest BCUT2D eigenvalue weighted by molar-refractivity contribution is 5.51. The van der Waals surface area contributed by atoms with E-state index in [4.69, 9.17) is 5.73 Å². The quantitative estimate of drug-likeness (QED) is 0.705. The van der Waals surface area contributed by atoms with E-state index in [9.17, 15) is 23.4 Å². The Morgan fingerprint density at radius 2 is 1.65 bits per heavy atom. The maximum absolute atomic E-state index is 12.4. The predicted molar refractivity (Wildman–Crippen MR) is 56.7 cm³/mol. The number of rotatable bonds is 2.